The van der Waals surface area contributed by atoms with Gasteiger partial charge in [-0.2, -0.15) is 0 Å². The number of fused-ring (bicyclic) bond motifs is 4. The van der Waals surface area contributed by atoms with Gasteiger partial charge in [0.15, 0.2) is 6.23 Å². The standard InChI is InChI=1S/C43H34N2O2/c1-43(2)37-15-7-8-16-38(37)46-39-17-9-14-36(40(39)43)42(45)47-41(44)35-25-33(31-20-18-27-10-3-5-12-29(27)22-31)24-34(26-35)32-21-19-28-11-4-6-13-30(28)23-32/h3-26,41,45H,44H2,1-2H3. The van der Waals surface area contributed by atoms with Crippen molar-refractivity contribution in [3.63, 3.8) is 0 Å². The Balaban J connectivity index is 1.19. The molecule has 1 aliphatic rings. The second kappa shape index (κ2) is 11.3. The zero-order valence-electron chi connectivity index (χ0n) is 26.3. The molecule has 1 unspecified atom stereocenters. The van der Waals surface area contributed by atoms with Crippen molar-refractivity contribution in [2.45, 2.75) is 25.5 Å². The zero-order chi connectivity index (χ0) is 32.1. The molecule has 1 atom stereocenters. The fourth-order valence-corrected chi connectivity index (χ4v) is 6.92. The summed E-state index contributed by atoms with van der Waals surface area (Å²) in [6.07, 6.45) is -0.877. The fraction of sp³-hybridized carbons (Fsp3) is 0.0930. The molecule has 8 rings (SSSR count). The largest absolute Gasteiger partial charge is 0.457 e. The molecule has 1 aliphatic heterocycles. The summed E-state index contributed by atoms with van der Waals surface area (Å²) < 4.78 is 12.6. The Labute approximate surface area is 274 Å². The van der Waals surface area contributed by atoms with Crippen molar-refractivity contribution in [1.29, 1.82) is 5.41 Å². The molecule has 7 aromatic rings. The maximum Gasteiger partial charge on any atom is 0.215 e. The van der Waals surface area contributed by atoms with Crippen LogP contribution in [0.5, 0.6) is 11.5 Å². The van der Waals surface area contributed by atoms with Gasteiger partial charge in [-0.15, -0.1) is 0 Å². The van der Waals surface area contributed by atoms with Crippen LogP contribution in [0.4, 0.5) is 0 Å². The van der Waals surface area contributed by atoms with E-state index in [0.717, 1.165) is 50.4 Å². The van der Waals surface area contributed by atoms with E-state index in [4.69, 9.17) is 20.6 Å². The SMILES string of the molecule is CC1(C)c2ccccc2Oc2cccc(C(=N)OC(N)c3cc(-c4ccc5ccccc5c4)cc(-c4ccc5ccccc5c4)c3)c21. The first-order valence-corrected chi connectivity index (χ1v) is 15.9. The van der Waals surface area contributed by atoms with E-state index in [-0.39, 0.29) is 5.90 Å². The van der Waals surface area contributed by atoms with Gasteiger partial charge >= 0.3 is 0 Å². The molecule has 4 nitrogen and oxygen atoms in total. The van der Waals surface area contributed by atoms with Crippen molar-refractivity contribution in [3.8, 4) is 33.8 Å². The average Bonchev–Trinajstić information content (AvgIpc) is 3.10. The van der Waals surface area contributed by atoms with Gasteiger partial charge in [0.25, 0.3) is 0 Å². The third-order valence-electron chi connectivity index (χ3n) is 9.37. The molecule has 0 amide bonds. The lowest BCUT2D eigenvalue weighted by Gasteiger charge is -2.36. The molecule has 1 heterocycles. The molecular formula is C43H34N2O2. The Morgan fingerprint density at radius 2 is 1.15 bits per heavy atom. The summed E-state index contributed by atoms with van der Waals surface area (Å²) in [4.78, 5) is 0. The highest BCUT2D eigenvalue weighted by molar-refractivity contribution is 5.95. The normalized spacial score (nSPS) is 13.8. The predicted octanol–water partition coefficient (Wildman–Crippen LogP) is 10.8. The Bertz CT molecular complexity index is 2240. The van der Waals surface area contributed by atoms with Crippen LogP contribution in [0.15, 0.2) is 146 Å². The predicted molar refractivity (Wildman–Crippen MR) is 192 cm³/mol. The monoisotopic (exact) mass is 610 g/mol. The van der Waals surface area contributed by atoms with E-state index in [1.807, 2.05) is 36.4 Å². The lowest BCUT2D eigenvalue weighted by Crippen LogP contribution is -2.28. The number of nitrogens with one attached hydrogen (secondary N) is 1. The van der Waals surface area contributed by atoms with Crippen molar-refractivity contribution >= 4 is 27.4 Å². The van der Waals surface area contributed by atoms with Crippen molar-refractivity contribution < 1.29 is 9.47 Å². The van der Waals surface area contributed by atoms with Gasteiger partial charge in [0, 0.05) is 27.7 Å². The Morgan fingerprint density at radius 1 is 0.596 bits per heavy atom. The van der Waals surface area contributed by atoms with Crippen LogP contribution in [-0.2, 0) is 10.2 Å². The molecule has 0 radical (unpaired) electrons. The Morgan fingerprint density at radius 3 is 1.79 bits per heavy atom. The van der Waals surface area contributed by atoms with Crippen molar-refractivity contribution in [2.75, 3.05) is 0 Å². The van der Waals surface area contributed by atoms with Crippen LogP contribution in [0.3, 0.4) is 0 Å². The van der Waals surface area contributed by atoms with E-state index in [0.29, 0.717) is 5.56 Å². The summed E-state index contributed by atoms with van der Waals surface area (Å²) in [7, 11) is 0. The number of hydrogen-bond acceptors (Lipinski definition) is 4. The first-order valence-electron chi connectivity index (χ1n) is 15.9. The van der Waals surface area contributed by atoms with Crippen LogP contribution in [0.1, 0.15) is 42.3 Å². The van der Waals surface area contributed by atoms with Crippen molar-refractivity contribution in [3.05, 3.63) is 168 Å². The maximum atomic E-state index is 9.17. The van der Waals surface area contributed by atoms with E-state index >= 15 is 0 Å². The highest BCUT2D eigenvalue weighted by Crippen LogP contribution is 2.49. The second-order valence-electron chi connectivity index (χ2n) is 12.7. The van der Waals surface area contributed by atoms with Crippen LogP contribution < -0.4 is 10.5 Å². The number of benzene rings is 7. The average molecular weight is 611 g/mol. The van der Waals surface area contributed by atoms with E-state index in [1.165, 1.54) is 21.5 Å². The van der Waals surface area contributed by atoms with Gasteiger partial charge in [0.05, 0.1) is 0 Å². The van der Waals surface area contributed by atoms with Gasteiger partial charge in [0.2, 0.25) is 5.90 Å². The highest BCUT2D eigenvalue weighted by Gasteiger charge is 2.37. The van der Waals surface area contributed by atoms with E-state index in [2.05, 4.69) is 123 Å². The van der Waals surface area contributed by atoms with Crippen LogP contribution >= 0.6 is 0 Å². The molecule has 47 heavy (non-hydrogen) atoms. The first-order chi connectivity index (χ1) is 22.8. The van der Waals surface area contributed by atoms with Crippen LogP contribution in [0.25, 0.3) is 43.8 Å². The van der Waals surface area contributed by atoms with Gasteiger partial charge in [-0.25, -0.2) is 0 Å². The van der Waals surface area contributed by atoms with E-state index in [9.17, 15) is 0 Å². The van der Waals surface area contributed by atoms with Crippen molar-refractivity contribution in [2.24, 2.45) is 5.73 Å². The summed E-state index contributed by atoms with van der Waals surface area (Å²) in [5.74, 6) is 1.57. The maximum absolute atomic E-state index is 9.17. The molecule has 0 saturated carbocycles. The molecule has 4 heteroatoms. The quantitative estimate of drug-likeness (QED) is 0.116. The van der Waals surface area contributed by atoms with Crippen LogP contribution in [0.2, 0.25) is 0 Å². The molecule has 228 valence electrons. The van der Waals surface area contributed by atoms with Crippen LogP contribution in [-0.4, -0.2) is 5.90 Å². The highest BCUT2D eigenvalue weighted by atomic mass is 16.5. The lowest BCUT2D eigenvalue weighted by atomic mass is 9.74. The number of para-hydroxylation sites is 1. The number of rotatable bonds is 5. The number of ether oxygens (including phenoxy) is 2. The minimum absolute atomic E-state index is 0.00812. The number of nitrogens with two attached hydrogens (primary N) is 1. The van der Waals surface area contributed by atoms with Crippen molar-refractivity contribution in [1.82, 2.24) is 0 Å². The molecule has 0 saturated heterocycles. The minimum atomic E-state index is -0.877. The van der Waals surface area contributed by atoms with Crippen LogP contribution in [0, 0.1) is 5.41 Å². The summed E-state index contributed by atoms with van der Waals surface area (Å²) in [5.41, 5.74) is 14.1. The van der Waals surface area contributed by atoms with E-state index in [1.54, 1.807) is 0 Å². The molecular weight excluding hydrogens is 576 g/mol. The molecule has 0 aromatic heterocycles. The lowest BCUT2D eigenvalue weighted by molar-refractivity contribution is 0.198. The van der Waals surface area contributed by atoms with E-state index < -0.39 is 11.6 Å². The zero-order valence-corrected chi connectivity index (χ0v) is 26.3. The minimum Gasteiger partial charge on any atom is -0.457 e. The van der Waals surface area contributed by atoms with Gasteiger partial charge in [0.1, 0.15) is 11.5 Å². The third-order valence-corrected chi connectivity index (χ3v) is 9.37. The first kappa shape index (κ1) is 28.7. The second-order valence-corrected chi connectivity index (χ2v) is 12.7. The van der Waals surface area contributed by atoms with Gasteiger partial charge < -0.3 is 9.47 Å². The Kier molecular flexibility index (Phi) is 6.89. The molecule has 0 fully saturated rings. The summed E-state index contributed by atoms with van der Waals surface area (Å²) >= 11 is 0. The molecule has 3 N–H and O–H groups in total. The molecule has 7 aromatic carbocycles. The summed E-state index contributed by atoms with van der Waals surface area (Å²) in [6, 6.07) is 50.0. The smallest absolute Gasteiger partial charge is 0.215 e. The van der Waals surface area contributed by atoms with Gasteiger partial charge in [-0.1, -0.05) is 111 Å². The summed E-state index contributed by atoms with van der Waals surface area (Å²) in [6.45, 7) is 4.32. The Hall–Kier alpha value is -5.71. The molecule has 0 aliphatic carbocycles. The third kappa shape index (κ3) is 5.13. The molecule has 0 bridgehead atoms. The summed E-state index contributed by atoms with van der Waals surface area (Å²) in [5, 5.41) is 13.9. The fourth-order valence-electron chi connectivity index (χ4n) is 6.92. The molecule has 0 spiro atoms. The number of hydrogen-bond donors (Lipinski definition) is 2. The van der Waals surface area contributed by atoms with Gasteiger partial charge in [-0.3, -0.25) is 11.1 Å². The van der Waals surface area contributed by atoms with Gasteiger partial charge in [-0.05, 0) is 92.3 Å². The topological polar surface area (TPSA) is 68.3 Å².